The van der Waals surface area contributed by atoms with Crippen molar-refractivity contribution in [2.75, 3.05) is 5.32 Å². The zero-order valence-electron chi connectivity index (χ0n) is 16.8. The summed E-state index contributed by atoms with van der Waals surface area (Å²) in [4.78, 5) is 38.5. The number of urea groups is 1. The molecule has 7 nitrogen and oxygen atoms in total. The van der Waals surface area contributed by atoms with E-state index in [4.69, 9.17) is 0 Å². The molecule has 0 spiro atoms. The van der Waals surface area contributed by atoms with Gasteiger partial charge in [0, 0.05) is 22.2 Å². The Kier molecular flexibility index (Phi) is 6.53. The molecule has 4 amide bonds. The molecule has 1 atom stereocenters. The number of hydrogen-bond acceptors (Lipinski definition) is 4. The lowest BCUT2D eigenvalue weighted by atomic mass is 9.90. The van der Waals surface area contributed by atoms with Crippen LogP contribution in [0.4, 0.5) is 10.5 Å². The van der Waals surface area contributed by atoms with Gasteiger partial charge in [-0.3, -0.25) is 20.4 Å². The second-order valence-corrected chi connectivity index (χ2v) is 8.79. The lowest BCUT2D eigenvalue weighted by molar-refractivity contribution is 0.0849. The minimum absolute atomic E-state index is 0.00262. The molecule has 0 bridgehead atoms. The summed E-state index contributed by atoms with van der Waals surface area (Å²) in [5.41, 5.74) is 6.97. The van der Waals surface area contributed by atoms with Gasteiger partial charge in [-0.25, -0.2) is 4.79 Å². The summed E-state index contributed by atoms with van der Waals surface area (Å²) in [6.07, 6.45) is 3.14. The molecular formula is C21H26N4O3S. The lowest BCUT2D eigenvalue weighted by Crippen LogP contribution is -2.41. The van der Waals surface area contributed by atoms with Gasteiger partial charge in [0.15, 0.2) is 0 Å². The summed E-state index contributed by atoms with van der Waals surface area (Å²) in [7, 11) is 0. The van der Waals surface area contributed by atoms with E-state index < -0.39 is 5.91 Å². The Hall–Kier alpha value is -2.87. The predicted molar refractivity (Wildman–Crippen MR) is 114 cm³/mol. The zero-order chi connectivity index (χ0) is 21.0. The highest BCUT2D eigenvalue weighted by Crippen LogP contribution is 2.32. The number of hydrazine groups is 1. The molecule has 29 heavy (non-hydrogen) atoms. The number of rotatable bonds is 4. The number of nitrogens with one attached hydrogen (secondary N) is 4. The summed E-state index contributed by atoms with van der Waals surface area (Å²) < 4.78 is 0. The summed E-state index contributed by atoms with van der Waals surface area (Å²) in [6.45, 7) is 5.93. The van der Waals surface area contributed by atoms with E-state index in [2.05, 4.69) is 28.4 Å². The molecule has 3 rings (SSSR count). The van der Waals surface area contributed by atoms with Gasteiger partial charge in [0.25, 0.3) is 11.8 Å². The van der Waals surface area contributed by atoms with Crippen molar-refractivity contribution in [3.63, 3.8) is 0 Å². The Balaban J connectivity index is 1.57. The molecule has 0 radical (unpaired) electrons. The largest absolute Gasteiger partial charge is 0.336 e. The highest BCUT2D eigenvalue weighted by molar-refractivity contribution is 7.14. The second-order valence-electron chi connectivity index (χ2n) is 7.65. The van der Waals surface area contributed by atoms with Crippen molar-refractivity contribution in [3.05, 3.63) is 51.2 Å². The van der Waals surface area contributed by atoms with Crippen molar-refractivity contribution >= 4 is 34.9 Å². The molecule has 1 unspecified atom stereocenters. The maximum atomic E-state index is 12.4. The molecule has 154 valence electrons. The molecule has 2 aromatic rings. The third-order valence-electron chi connectivity index (χ3n) is 4.64. The van der Waals surface area contributed by atoms with Crippen LogP contribution in [0.2, 0.25) is 0 Å². The van der Waals surface area contributed by atoms with Crippen molar-refractivity contribution < 1.29 is 14.4 Å². The van der Waals surface area contributed by atoms with E-state index in [0.717, 1.165) is 19.3 Å². The second kappa shape index (κ2) is 9.09. The predicted octanol–water partition coefficient (Wildman–Crippen LogP) is 3.48. The van der Waals surface area contributed by atoms with Crippen LogP contribution in [0, 0.1) is 5.92 Å². The number of benzene rings is 1. The first kappa shape index (κ1) is 20.9. The van der Waals surface area contributed by atoms with Gasteiger partial charge in [-0.2, -0.15) is 0 Å². The summed E-state index contributed by atoms with van der Waals surface area (Å²) in [6, 6.07) is 8.09. The molecule has 0 saturated carbocycles. The zero-order valence-corrected chi connectivity index (χ0v) is 17.6. The Morgan fingerprint density at radius 2 is 1.86 bits per heavy atom. The number of hydrogen-bond donors (Lipinski definition) is 4. The highest BCUT2D eigenvalue weighted by Gasteiger charge is 2.21. The van der Waals surface area contributed by atoms with E-state index in [0.29, 0.717) is 22.0 Å². The number of amides is 4. The Morgan fingerprint density at radius 3 is 2.62 bits per heavy atom. The maximum Gasteiger partial charge on any atom is 0.319 e. The number of aryl methyl sites for hydroxylation is 1. The summed E-state index contributed by atoms with van der Waals surface area (Å²) >= 11 is 1.49. The molecule has 8 heteroatoms. The average molecular weight is 415 g/mol. The minimum atomic E-state index is -0.457. The van der Waals surface area contributed by atoms with Crippen molar-refractivity contribution in [1.29, 1.82) is 0 Å². The monoisotopic (exact) mass is 414 g/mol. The standard InChI is InChI=1S/C21H26N4O3S/c1-12(2)22-21(28)23-16-6-4-5-14(10-16)19(26)24-25-20(27)18-11-15-9-13(3)7-8-17(15)29-18/h4-6,10-13H,7-9H2,1-3H3,(H,24,26)(H,25,27)(H2,22,23,28). The van der Waals surface area contributed by atoms with Gasteiger partial charge < -0.3 is 10.6 Å². The summed E-state index contributed by atoms with van der Waals surface area (Å²) in [5.74, 6) is -0.145. The van der Waals surface area contributed by atoms with Crippen LogP contribution in [0.3, 0.4) is 0 Å². The van der Waals surface area contributed by atoms with Crippen LogP contribution in [0.25, 0.3) is 0 Å². The van der Waals surface area contributed by atoms with E-state index in [1.807, 2.05) is 19.9 Å². The van der Waals surface area contributed by atoms with Gasteiger partial charge in [0.2, 0.25) is 0 Å². The van der Waals surface area contributed by atoms with E-state index >= 15 is 0 Å². The van der Waals surface area contributed by atoms with Crippen LogP contribution in [0.15, 0.2) is 30.3 Å². The molecule has 0 saturated heterocycles. The number of carbonyl (C=O) groups excluding carboxylic acids is 3. The SMILES string of the molecule is CC1CCc2sc(C(=O)NNC(=O)c3cccc(NC(=O)NC(C)C)c3)cc2C1. The van der Waals surface area contributed by atoms with Gasteiger partial charge in [-0.15, -0.1) is 11.3 Å². The fourth-order valence-corrected chi connectivity index (χ4v) is 4.34. The van der Waals surface area contributed by atoms with E-state index in [-0.39, 0.29) is 18.0 Å². The molecule has 1 aromatic carbocycles. The molecule has 1 aliphatic carbocycles. The Labute approximate surface area is 174 Å². The van der Waals surface area contributed by atoms with Gasteiger partial charge >= 0.3 is 6.03 Å². The van der Waals surface area contributed by atoms with Crippen molar-refractivity contribution in [2.45, 2.75) is 46.1 Å². The Morgan fingerprint density at radius 1 is 1.10 bits per heavy atom. The van der Waals surface area contributed by atoms with Crippen LogP contribution in [-0.2, 0) is 12.8 Å². The van der Waals surface area contributed by atoms with Crippen molar-refractivity contribution in [3.8, 4) is 0 Å². The van der Waals surface area contributed by atoms with Crippen LogP contribution < -0.4 is 21.5 Å². The number of carbonyl (C=O) groups is 3. The molecule has 1 heterocycles. The van der Waals surface area contributed by atoms with E-state index in [9.17, 15) is 14.4 Å². The molecular weight excluding hydrogens is 388 g/mol. The van der Waals surface area contributed by atoms with Crippen molar-refractivity contribution in [1.82, 2.24) is 16.2 Å². The van der Waals surface area contributed by atoms with Gasteiger partial charge in [0.05, 0.1) is 4.88 Å². The average Bonchev–Trinajstić information content (AvgIpc) is 3.08. The number of fused-ring (bicyclic) bond motifs is 1. The quantitative estimate of drug-likeness (QED) is 0.577. The first-order valence-corrected chi connectivity index (χ1v) is 10.5. The molecule has 0 fully saturated rings. The first-order chi connectivity index (χ1) is 13.8. The molecule has 4 N–H and O–H groups in total. The summed E-state index contributed by atoms with van der Waals surface area (Å²) in [5, 5.41) is 5.39. The van der Waals surface area contributed by atoms with Gasteiger partial charge in [0.1, 0.15) is 0 Å². The minimum Gasteiger partial charge on any atom is -0.336 e. The number of anilines is 1. The molecule has 1 aliphatic rings. The smallest absolute Gasteiger partial charge is 0.319 e. The highest BCUT2D eigenvalue weighted by atomic mass is 32.1. The fraction of sp³-hybridized carbons (Fsp3) is 0.381. The van der Waals surface area contributed by atoms with E-state index in [1.165, 1.54) is 21.8 Å². The van der Waals surface area contributed by atoms with Gasteiger partial charge in [-0.1, -0.05) is 13.0 Å². The first-order valence-electron chi connectivity index (χ1n) is 9.71. The third-order valence-corrected chi connectivity index (χ3v) is 5.88. The van der Waals surface area contributed by atoms with Crippen LogP contribution in [0.5, 0.6) is 0 Å². The Bertz CT molecular complexity index is 922. The molecule has 1 aromatic heterocycles. The lowest BCUT2D eigenvalue weighted by Gasteiger charge is -2.16. The third kappa shape index (κ3) is 5.57. The van der Waals surface area contributed by atoms with Gasteiger partial charge in [-0.05, 0) is 68.9 Å². The topological polar surface area (TPSA) is 99.3 Å². The van der Waals surface area contributed by atoms with Crippen LogP contribution >= 0.6 is 11.3 Å². The van der Waals surface area contributed by atoms with Crippen LogP contribution in [0.1, 0.15) is 57.7 Å². The van der Waals surface area contributed by atoms with Crippen LogP contribution in [-0.4, -0.2) is 23.9 Å². The van der Waals surface area contributed by atoms with E-state index in [1.54, 1.807) is 24.3 Å². The maximum absolute atomic E-state index is 12.4. The van der Waals surface area contributed by atoms with Crippen molar-refractivity contribution in [2.24, 2.45) is 5.92 Å². The fourth-order valence-electron chi connectivity index (χ4n) is 3.23. The molecule has 0 aliphatic heterocycles. The number of thiophene rings is 1. The normalized spacial score (nSPS) is 15.4.